The number of nitro benzene ring substituents is 1. The molecule has 102 valence electrons. The van der Waals surface area contributed by atoms with Crippen LogP contribution in [0, 0.1) is 10.1 Å². The Morgan fingerprint density at radius 3 is 2.63 bits per heavy atom. The van der Waals surface area contributed by atoms with Crippen molar-refractivity contribution >= 4 is 29.2 Å². The van der Waals surface area contributed by atoms with E-state index in [1.54, 1.807) is 0 Å². The van der Waals surface area contributed by atoms with Gasteiger partial charge in [-0.05, 0) is 18.3 Å². The average molecular weight is 292 g/mol. The van der Waals surface area contributed by atoms with Crippen molar-refractivity contribution in [3.05, 3.63) is 39.4 Å². The van der Waals surface area contributed by atoms with E-state index in [1.165, 1.54) is 0 Å². The molecule has 10 heteroatoms. The third kappa shape index (κ3) is 4.17. The van der Waals surface area contributed by atoms with E-state index in [2.05, 4.69) is 22.7 Å². The van der Waals surface area contributed by atoms with Gasteiger partial charge in [0.05, 0.1) is 11.1 Å². The first-order chi connectivity index (χ1) is 8.71. The van der Waals surface area contributed by atoms with Gasteiger partial charge in [-0.15, -0.1) is 0 Å². The maximum atomic E-state index is 12.5. The monoisotopic (exact) mass is 292 g/mol. The predicted molar refractivity (Wildman–Crippen MR) is 65.6 cm³/mol. The molecule has 0 spiro atoms. The lowest BCUT2D eigenvalue weighted by Crippen LogP contribution is -2.24. The van der Waals surface area contributed by atoms with Gasteiger partial charge in [0.1, 0.15) is 5.56 Å². The molecule has 0 heterocycles. The Kier molecular flexibility index (Phi) is 4.38. The van der Waals surface area contributed by atoms with E-state index in [1.807, 2.05) is 0 Å². The van der Waals surface area contributed by atoms with Crippen LogP contribution >= 0.6 is 12.2 Å². The van der Waals surface area contributed by atoms with Gasteiger partial charge in [-0.3, -0.25) is 15.5 Å². The number of nitro groups is 1. The number of hydrogen-bond acceptors (Lipinski definition) is 4. The summed E-state index contributed by atoms with van der Waals surface area (Å²) >= 11 is 4.44. The van der Waals surface area contributed by atoms with Crippen molar-refractivity contribution < 1.29 is 18.1 Å². The van der Waals surface area contributed by atoms with Gasteiger partial charge < -0.3 is 5.73 Å². The van der Waals surface area contributed by atoms with Crippen molar-refractivity contribution in [3.63, 3.8) is 0 Å². The fraction of sp³-hybridized carbons (Fsp3) is 0.111. The molecule has 0 aliphatic rings. The van der Waals surface area contributed by atoms with Gasteiger partial charge in [0, 0.05) is 11.6 Å². The van der Waals surface area contributed by atoms with Gasteiger partial charge in [0.2, 0.25) is 0 Å². The fourth-order valence-corrected chi connectivity index (χ4v) is 1.24. The molecule has 0 atom stereocenters. The molecule has 0 aliphatic heterocycles. The molecule has 0 unspecified atom stereocenters. The summed E-state index contributed by atoms with van der Waals surface area (Å²) in [7, 11) is 0. The lowest BCUT2D eigenvalue weighted by atomic mass is 10.1. The molecule has 19 heavy (non-hydrogen) atoms. The van der Waals surface area contributed by atoms with Crippen molar-refractivity contribution in [2.75, 3.05) is 0 Å². The van der Waals surface area contributed by atoms with Gasteiger partial charge >= 0.3 is 6.18 Å². The number of hydrazone groups is 1. The van der Waals surface area contributed by atoms with E-state index in [-0.39, 0.29) is 10.7 Å². The van der Waals surface area contributed by atoms with Gasteiger partial charge in [-0.25, -0.2) is 0 Å². The number of benzene rings is 1. The summed E-state index contributed by atoms with van der Waals surface area (Å²) in [6, 6.07) is 2.41. The van der Waals surface area contributed by atoms with E-state index in [4.69, 9.17) is 5.73 Å². The van der Waals surface area contributed by atoms with E-state index in [9.17, 15) is 23.3 Å². The summed E-state index contributed by atoms with van der Waals surface area (Å²) in [5.41, 5.74) is 4.97. The number of nitrogens with two attached hydrogens (primary N) is 1. The average Bonchev–Trinajstić information content (AvgIpc) is 2.26. The molecule has 0 fully saturated rings. The Labute approximate surface area is 110 Å². The van der Waals surface area contributed by atoms with E-state index in [0.29, 0.717) is 6.07 Å². The number of rotatable bonds is 3. The molecule has 0 bridgehead atoms. The van der Waals surface area contributed by atoms with Crippen molar-refractivity contribution in [3.8, 4) is 0 Å². The molecule has 1 aromatic carbocycles. The zero-order valence-corrected chi connectivity index (χ0v) is 9.96. The highest BCUT2D eigenvalue weighted by Crippen LogP contribution is 2.36. The van der Waals surface area contributed by atoms with Crippen LogP contribution in [0.3, 0.4) is 0 Å². The van der Waals surface area contributed by atoms with E-state index >= 15 is 0 Å². The molecular weight excluding hydrogens is 285 g/mol. The van der Waals surface area contributed by atoms with Crippen molar-refractivity contribution in [2.24, 2.45) is 10.8 Å². The summed E-state index contributed by atoms with van der Waals surface area (Å²) in [6.07, 6.45) is -3.73. The Bertz CT molecular complexity index is 545. The zero-order chi connectivity index (χ0) is 14.6. The lowest BCUT2D eigenvalue weighted by Gasteiger charge is -2.07. The summed E-state index contributed by atoms with van der Waals surface area (Å²) in [5.74, 6) is 0. The molecule has 3 N–H and O–H groups in total. The van der Waals surface area contributed by atoms with Crippen molar-refractivity contribution in [1.82, 2.24) is 5.43 Å². The number of nitrogens with zero attached hydrogens (tertiary/aromatic N) is 2. The quantitative estimate of drug-likeness (QED) is 0.383. The molecule has 0 radical (unpaired) electrons. The molecule has 1 rings (SSSR count). The molecule has 1 aromatic rings. The van der Waals surface area contributed by atoms with Crippen LogP contribution < -0.4 is 11.2 Å². The standard InChI is InChI=1S/C9H7F3N4O2S/c10-9(11,12)6-2-1-5(3-7(6)16(17)18)4-14-15-8(13)19/h1-4H,(H3,13,15,19). The van der Waals surface area contributed by atoms with Crippen LogP contribution in [0.5, 0.6) is 0 Å². The molecule has 0 saturated carbocycles. The predicted octanol–water partition coefficient (Wildman–Crippen LogP) is 1.78. The number of nitrogens with one attached hydrogen (secondary N) is 1. The molecule has 0 aliphatic carbocycles. The largest absolute Gasteiger partial charge is 0.422 e. The van der Waals surface area contributed by atoms with Crippen LogP contribution in [0.4, 0.5) is 18.9 Å². The maximum absolute atomic E-state index is 12.5. The normalized spacial score (nSPS) is 11.5. The number of alkyl halides is 3. The van der Waals surface area contributed by atoms with Crippen molar-refractivity contribution in [2.45, 2.75) is 6.18 Å². The maximum Gasteiger partial charge on any atom is 0.422 e. The summed E-state index contributed by atoms with van der Waals surface area (Å²) in [6.45, 7) is 0. The first-order valence-corrected chi connectivity index (χ1v) is 5.07. The Hall–Kier alpha value is -2.23. The fourth-order valence-electron chi connectivity index (χ4n) is 1.19. The minimum atomic E-state index is -4.80. The molecule has 0 amide bonds. The smallest absolute Gasteiger partial charge is 0.375 e. The molecule has 0 aromatic heterocycles. The van der Waals surface area contributed by atoms with Crippen molar-refractivity contribution in [1.29, 1.82) is 0 Å². The Morgan fingerprint density at radius 2 is 2.16 bits per heavy atom. The molecule has 6 nitrogen and oxygen atoms in total. The zero-order valence-electron chi connectivity index (χ0n) is 9.14. The Morgan fingerprint density at radius 1 is 1.53 bits per heavy atom. The van der Waals surface area contributed by atoms with Crippen LogP contribution in [-0.2, 0) is 6.18 Å². The van der Waals surface area contributed by atoms with Crippen LogP contribution in [0.15, 0.2) is 23.3 Å². The second-order valence-corrected chi connectivity index (χ2v) is 3.71. The second kappa shape index (κ2) is 5.61. The summed E-state index contributed by atoms with van der Waals surface area (Å²) in [4.78, 5) is 9.50. The van der Waals surface area contributed by atoms with E-state index < -0.39 is 22.4 Å². The number of hydrogen-bond donors (Lipinski definition) is 2. The molecule has 0 saturated heterocycles. The second-order valence-electron chi connectivity index (χ2n) is 3.27. The van der Waals surface area contributed by atoms with Crippen LogP contribution in [0.2, 0.25) is 0 Å². The first kappa shape index (κ1) is 14.8. The van der Waals surface area contributed by atoms with Crippen LogP contribution in [-0.4, -0.2) is 16.3 Å². The number of halogens is 3. The third-order valence-corrected chi connectivity index (χ3v) is 2.00. The lowest BCUT2D eigenvalue weighted by molar-refractivity contribution is -0.388. The highest BCUT2D eigenvalue weighted by Gasteiger charge is 2.38. The summed E-state index contributed by atoms with van der Waals surface area (Å²) in [5, 5.41) is 14.0. The first-order valence-electron chi connectivity index (χ1n) is 4.66. The van der Waals surface area contributed by atoms with Crippen LogP contribution in [0.1, 0.15) is 11.1 Å². The molecular formula is C9H7F3N4O2S. The van der Waals surface area contributed by atoms with E-state index in [0.717, 1.165) is 18.3 Å². The van der Waals surface area contributed by atoms with Gasteiger partial charge in [-0.2, -0.15) is 18.3 Å². The van der Waals surface area contributed by atoms with Gasteiger partial charge in [0.15, 0.2) is 5.11 Å². The van der Waals surface area contributed by atoms with Gasteiger partial charge in [0.25, 0.3) is 5.69 Å². The number of thiocarbonyl (C=S) groups is 1. The highest BCUT2D eigenvalue weighted by molar-refractivity contribution is 7.80. The SMILES string of the molecule is NC(=S)NN=Cc1ccc(C(F)(F)F)c([N+](=O)[O-])c1. The summed E-state index contributed by atoms with van der Waals surface area (Å²) < 4.78 is 37.5. The minimum Gasteiger partial charge on any atom is -0.375 e. The topological polar surface area (TPSA) is 93.5 Å². The minimum absolute atomic E-state index is 0.100. The highest BCUT2D eigenvalue weighted by atomic mass is 32.1. The Balaban J connectivity index is 3.14. The van der Waals surface area contributed by atoms with Gasteiger partial charge in [-0.1, -0.05) is 6.07 Å². The van der Waals surface area contributed by atoms with Crippen LogP contribution in [0.25, 0.3) is 0 Å². The third-order valence-electron chi connectivity index (χ3n) is 1.91.